The van der Waals surface area contributed by atoms with Crippen LogP contribution in [0.1, 0.15) is 89.6 Å². The van der Waals surface area contributed by atoms with Crippen LogP contribution in [0.5, 0.6) is 0 Å². The fraction of sp³-hybridized carbons (Fsp3) is 0.630. The molecule has 4 aromatic heterocycles. The van der Waals surface area contributed by atoms with E-state index in [-0.39, 0.29) is 0 Å². The highest BCUT2D eigenvalue weighted by atomic mass is 15.2. The molecule has 0 bridgehead atoms. The van der Waals surface area contributed by atoms with Gasteiger partial charge in [0, 0.05) is 25.6 Å². The molecule has 4 heterocycles. The Hall–Kier alpha value is -3.30. The van der Waals surface area contributed by atoms with Gasteiger partial charge in [-0.05, 0) is 51.4 Å². The van der Waals surface area contributed by atoms with Crippen molar-refractivity contribution in [3.8, 4) is 0 Å². The maximum Gasteiger partial charge on any atom is 0.223 e. The van der Waals surface area contributed by atoms with Crippen LogP contribution in [0.25, 0.3) is 22.3 Å². The highest BCUT2D eigenvalue weighted by Crippen LogP contribution is 2.39. The summed E-state index contributed by atoms with van der Waals surface area (Å²) in [5.41, 5.74) is 6.00. The summed E-state index contributed by atoms with van der Waals surface area (Å²) in [4.78, 5) is 28.9. The predicted octanol–water partition coefficient (Wildman–Crippen LogP) is 4.35. The average molecular weight is 505 g/mol. The van der Waals surface area contributed by atoms with Gasteiger partial charge in [0.05, 0.1) is 18.3 Å². The Balaban J connectivity index is 0.000000152. The van der Waals surface area contributed by atoms with Crippen molar-refractivity contribution < 1.29 is 0 Å². The van der Waals surface area contributed by atoms with Gasteiger partial charge in [-0.2, -0.15) is 0 Å². The summed E-state index contributed by atoms with van der Waals surface area (Å²) in [6.45, 7) is 8.94. The van der Waals surface area contributed by atoms with Gasteiger partial charge in [0.15, 0.2) is 16.8 Å². The van der Waals surface area contributed by atoms with Gasteiger partial charge in [0.2, 0.25) is 5.62 Å². The van der Waals surface area contributed by atoms with Crippen LogP contribution < -0.4 is 11.1 Å². The zero-order chi connectivity index (χ0) is 25.8. The third-order valence-electron chi connectivity index (χ3n) is 7.18. The van der Waals surface area contributed by atoms with Gasteiger partial charge in [0.25, 0.3) is 0 Å². The quantitative estimate of drug-likeness (QED) is 0.277. The zero-order valence-corrected chi connectivity index (χ0v) is 22.4. The molecule has 198 valence electrons. The second kappa shape index (κ2) is 11.4. The van der Waals surface area contributed by atoms with Crippen molar-refractivity contribution in [2.45, 2.75) is 97.6 Å². The van der Waals surface area contributed by atoms with Gasteiger partial charge in [-0.25, -0.2) is 19.9 Å². The van der Waals surface area contributed by atoms with E-state index < -0.39 is 0 Å². The van der Waals surface area contributed by atoms with E-state index in [9.17, 15) is 0 Å². The first-order valence-electron chi connectivity index (χ1n) is 14.1. The summed E-state index contributed by atoms with van der Waals surface area (Å²) >= 11 is 0. The highest BCUT2D eigenvalue weighted by molar-refractivity contribution is 5.74. The topological polar surface area (TPSA) is 129 Å². The third kappa shape index (κ3) is 5.83. The molecular formula is C27H40N10. The van der Waals surface area contributed by atoms with Crippen molar-refractivity contribution in [2.75, 3.05) is 6.54 Å². The first-order valence-corrected chi connectivity index (χ1v) is 14.1. The number of imidazole rings is 2. The van der Waals surface area contributed by atoms with E-state index in [1.165, 1.54) is 51.4 Å². The van der Waals surface area contributed by atoms with Gasteiger partial charge in [-0.3, -0.25) is 15.0 Å². The van der Waals surface area contributed by atoms with Gasteiger partial charge in [-0.15, -0.1) is 0 Å². The summed E-state index contributed by atoms with van der Waals surface area (Å²) in [7, 11) is 0. The number of nitrogens with one attached hydrogen (secondary N) is 3. The van der Waals surface area contributed by atoms with Crippen LogP contribution in [0.3, 0.4) is 0 Å². The molecule has 10 nitrogen and oxygen atoms in total. The van der Waals surface area contributed by atoms with Crippen LogP contribution in [0, 0.1) is 11.3 Å². The number of nitrogens with zero attached hydrogens (tertiary/aromatic N) is 7. The number of rotatable bonds is 10. The lowest BCUT2D eigenvalue weighted by molar-refractivity contribution is 0.583. The second-order valence-corrected chi connectivity index (χ2v) is 10.3. The Labute approximate surface area is 217 Å². The molecule has 2 aliphatic carbocycles. The Morgan fingerprint density at radius 1 is 1.00 bits per heavy atom. The number of hydrogen-bond acceptors (Lipinski definition) is 6. The smallest absolute Gasteiger partial charge is 0.223 e. The van der Waals surface area contributed by atoms with E-state index in [0.717, 1.165) is 71.3 Å². The normalized spacial score (nSPS) is 15.9. The Kier molecular flexibility index (Phi) is 7.81. The Bertz CT molecular complexity index is 1460. The van der Waals surface area contributed by atoms with Crippen LogP contribution >= 0.6 is 0 Å². The van der Waals surface area contributed by atoms with E-state index in [0.29, 0.717) is 11.5 Å². The molecule has 2 saturated carbocycles. The first kappa shape index (κ1) is 25.4. The summed E-state index contributed by atoms with van der Waals surface area (Å²) in [6.07, 6.45) is 14.4. The number of H-pyrrole nitrogens is 2. The van der Waals surface area contributed by atoms with Crippen molar-refractivity contribution in [1.29, 1.82) is 5.41 Å². The molecule has 0 aromatic carbocycles. The molecule has 6 rings (SSSR count). The standard InChI is InChI=1S/C14H19N5.C13H21N5/c1-2-10-11-13(18-12(17-11)9-5-6-9)19(14(15)16-10)7-8-3-4-8;1-3-5-6-7-8-18-10-17-12(14-4-2)11-13(18)16-9-15-11/h8-9,15H,2-7H2,1H3,(H,17,18);9-10H,3-8H2,1-2H3,(H,15,16). The van der Waals surface area contributed by atoms with E-state index in [1.54, 1.807) is 6.33 Å². The van der Waals surface area contributed by atoms with Crippen LogP contribution in [0.15, 0.2) is 17.6 Å². The SMILES string of the molecule is CCCCCCn1cnc(=NCC)c2[nH]cnc21.CCc1nc(=N)n(CC2CC2)c2nc(C3CC3)[nH]c12. The first-order chi connectivity index (χ1) is 18.1. The number of hydrogen-bond donors (Lipinski definition) is 3. The molecule has 0 aliphatic heterocycles. The fourth-order valence-electron chi connectivity index (χ4n) is 4.72. The summed E-state index contributed by atoms with van der Waals surface area (Å²) < 4.78 is 4.10. The highest BCUT2D eigenvalue weighted by Gasteiger charge is 2.29. The van der Waals surface area contributed by atoms with Crippen LogP contribution in [0.2, 0.25) is 0 Å². The minimum atomic E-state index is 0.366. The third-order valence-corrected chi connectivity index (χ3v) is 7.18. The number of aryl methyl sites for hydroxylation is 2. The van der Waals surface area contributed by atoms with Gasteiger partial charge in [-0.1, -0.05) is 33.1 Å². The number of unbranched alkanes of at least 4 members (excludes halogenated alkanes) is 3. The van der Waals surface area contributed by atoms with E-state index in [2.05, 4.69) is 48.3 Å². The predicted molar refractivity (Wildman–Crippen MR) is 144 cm³/mol. The Morgan fingerprint density at radius 2 is 1.84 bits per heavy atom. The number of fused-ring (bicyclic) bond motifs is 2. The monoisotopic (exact) mass is 504 g/mol. The molecule has 0 unspecified atom stereocenters. The molecule has 0 saturated heterocycles. The van der Waals surface area contributed by atoms with Gasteiger partial charge in [0.1, 0.15) is 16.9 Å². The van der Waals surface area contributed by atoms with Crippen molar-refractivity contribution in [2.24, 2.45) is 10.9 Å². The molecule has 10 heteroatoms. The van der Waals surface area contributed by atoms with Crippen molar-refractivity contribution in [3.63, 3.8) is 0 Å². The molecular weight excluding hydrogens is 464 g/mol. The lowest BCUT2D eigenvalue weighted by Gasteiger charge is -2.08. The number of aromatic amines is 2. The second-order valence-electron chi connectivity index (χ2n) is 10.3. The maximum atomic E-state index is 8.15. The zero-order valence-electron chi connectivity index (χ0n) is 22.4. The van der Waals surface area contributed by atoms with Crippen molar-refractivity contribution >= 4 is 22.3 Å². The molecule has 0 spiro atoms. The minimum Gasteiger partial charge on any atom is -0.340 e. The average Bonchev–Trinajstić information content (AvgIpc) is 3.83. The lowest BCUT2D eigenvalue weighted by Crippen LogP contribution is -2.26. The summed E-state index contributed by atoms with van der Waals surface area (Å²) in [6, 6.07) is 0. The molecule has 4 aromatic rings. The van der Waals surface area contributed by atoms with Crippen LogP contribution in [0.4, 0.5) is 0 Å². The summed E-state index contributed by atoms with van der Waals surface area (Å²) in [5.74, 6) is 2.44. The van der Waals surface area contributed by atoms with E-state index in [1.807, 2.05) is 17.8 Å². The Morgan fingerprint density at radius 3 is 2.54 bits per heavy atom. The molecule has 0 atom stereocenters. The van der Waals surface area contributed by atoms with Gasteiger partial charge < -0.3 is 14.5 Å². The fourth-order valence-corrected chi connectivity index (χ4v) is 4.72. The molecule has 2 fully saturated rings. The van der Waals surface area contributed by atoms with Crippen LogP contribution in [-0.4, -0.2) is 45.6 Å². The molecule has 0 radical (unpaired) electrons. The van der Waals surface area contributed by atoms with E-state index in [4.69, 9.17) is 10.4 Å². The number of aromatic nitrogens is 8. The maximum absolute atomic E-state index is 8.15. The molecule has 2 aliphatic rings. The lowest BCUT2D eigenvalue weighted by atomic mass is 10.2. The van der Waals surface area contributed by atoms with Crippen molar-refractivity contribution in [1.82, 2.24) is 39.0 Å². The van der Waals surface area contributed by atoms with Crippen molar-refractivity contribution in [3.05, 3.63) is 35.3 Å². The largest absolute Gasteiger partial charge is 0.340 e. The molecule has 3 N–H and O–H groups in total. The van der Waals surface area contributed by atoms with Crippen LogP contribution in [-0.2, 0) is 19.5 Å². The summed E-state index contributed by atoms with van der Waals surface area (Å²) in [5, 5.41) is 8.15. The van der Waals surface area contributed by atoms with E-state index >= 15 is 0 Å². The van der Waals surface area contributed by atoms with Gasteiger partial charge >= 0.3 is 0 Å². The molecule has 37 heavy (non-hydrogen) atoms. The minimum absolute atomic E-state index is 0.366. The molecule has 0 amide bonds.